The highest BCUT2D eigenvalue weighted by Crippen LogP contribution is 2.32. The Morgan fingerprint density at radius 2 is 1.70 bits per heavy atom. The molecule has 20 heavy (non-hydrogen) atoms. The van der Waals surface area contributed by atoms with Crippen molar-refractivity contribution in [2.75, 3.05) is 7.05 Å². The minimum absolute atomic E-state index is 0.145. The molecule has 6 heteroatoms. The van der Waals surface area contributed by atoms with Crippen LogP contribution in [0.3, 0.4) is 0 Å². The maximum Gasteiger partial charge on any atom is 0.131 e. The quantitative estimate of drug-likeness (QED) is 0.769. The van der Waals surface area contributed by atoms with Gasteiger partial charge in [0.2, 0.25) is 0 Å². The van der Waals surface area contributed by atoms with Crippen LogP contribution in [0.1, 0.15) is 17.2 Å². The average molecular weight is 365 g/mol. The van der Waals surface area contributed by atoms with E-state index in [0.29, 0.717) is 9.50 Å². The molecule has 0 heterocycles. The third-order valence-corrected chi connectivity index (χ3v) is 4.11. The first-order valence-electron chi connectivity index (χ1n) is 5.70. The molecule has 1 unspecified atom stereocenters. The fourth-order valence-electron chi connectivity index (χ4n) is 1.97. The van der Waals surface area contributed by atoms with Gasteiger partial charge in [-0.25, -0.2) is 13.2 Å². The number of nitrogens with one attached hydrogen (secondary N) is 1. The van der Waals surface area contributed by atoms with E-state index >= 15 is 0 Å². The van der Waals surface area contributed by atoms with E-state index in [9.17, 15) is 13.2 Å². The largest absolute Gasteiger partial charge is 0.309 e. The molecule has 2 aromatic rings. The SMILES string of the molecule is CNC(c1ccc(F)cc1F)c1cc(Cl)c(Br)cc1F. The number of hydrogen-bond donors (Lipinski definition) is 1. The summed E-state index contributed by atoms with van der Waals surface area (Å²) in [6.07, 6.45) is 0. The van der Waals surface area contributed by atoms with Crippen LogP contribution in [0, 0.1) is 17.5 Å². The molecule has 0 aliphatic rings. The smallest absolute Gasteiger partial charge is 0.131 e. The lowest BCUT2D eigenvalue weighted by molar-refractivity contribution is 0.535. The zero-order valence-corrected chi connectivity index (χ0v) is 12.7. The van der Waals surface area contributed by atoms with Gasteiger partial charge in [0.1, 0.15) is 17.5 Å². The zero-order valence-electron chi connectivity index (χ0n) is 10.4. The first-order valence-corrected chi connectivity index (χ1v) is 6.87. The molecular weight excluding hydrogens is 355 g/mol. The monoisotopic (exact) mass is 363 g/mol. The topological polar surface area (TPSA) is 12.0 Å². The molecule has 0 saturated heterocycles. The third-order valence-electron chi connectivity index (χ3n) is 2.91. The standard InChI is InChI=1S/C14H10BrClF3N/c1-20-14(8-3-2-7(17)4-12(8)18)9-5-11(16)10(15)6-13(9)19/h2-6,14,20H,1H3. The Balaban J connectivity index is 2.55. The van der Waals surface area contributed by atoms with Crippen LogP contribution in [0.2, 0.25) is 5.02 Å². The minimum Gasteiger partial charge on any atom is -0.309 e. The molecule has 0 amide bonds. The molecule has 0 spiro atoms. The first kappa shape index (κ1) is 15.4. The van der Waals surface area contributed by atoms with Crippen LogP contribution in [0.5, 0.6) is 0 Å². The number of halogens is 5. The van der Waals surface area contributed by atoms with Gasteiger partial charge in [0, 0.05) is 21.7 Å². The summed E-state index contributed by atoms with van der Waals surface area (Å²) in [5.41, 5.74) is 0.331. The van der Waals surface area contributed by atoms with Gasteiger partial charge in [-0.05, 0) is 41.2 Å². The van der Waals surface area contributed by atoms with Gasteiger partial charge in [0.05, 0.1) is 11.1 Å². The van der Waals surface area contributed by atoms with Gasteiger partial charge < -0.3 is 5.32 Å². The predicted octanol–water partition coefficient (Wildman–Crippen LogP) is 4.83. The van der Waals surface area contributed by atoms with E-state index in [1.807, 2.05) is 0 Å². The Kier molecular flexibility index (Phi) is 4.73. The van der Waals surface area contributed by atoms with Crippen molar-refractivity contribution in [2.24, 2.45) is 0 Å². The maximum atomic E-state index is 14.0. The Morgan fingerprint density at radius 1 is 1.05 bits per heavy atom. The molecule has 2 rings (SSSR count). The van der Waals surface area contributed by atoms with E-state index in [1.54, 1.807) is 7.05 Å². The average Bonchev–Trinajstić information content (AvgIpc) is 2.38. The van der Waals surface area contributed by atoms with Crippen molar-refractivity contribution < 1.29 is 13.2 Å². The van der Waals surface area contributed by atoms with E-state index in [4.69, 9.17) is 11.6 Å². The molecule has 0 radical (unpaired) electrons. The summed E-state index contributed by atoms with van der Waals surface area (Å²) in [5.74, 6) is -1.97. The van der Waals surface area contributed by atoms with Gasteiger partial charge in [-0.3, -0.25) is 0 Å². The molecule has 106 valence electrons. The van der Waals surface area contributed by atoms with E-state index in [0.717, 1.165) is 12.1 Å². The molecule has 1 atom stereocenters. The highest BCUT2D eigenvalue weighted by Gasteiger charge is 2.21. The van der Waals surface area contributed by atoms with Crippen molar-refractivity contribution in [3.8, 4) is 0 Å². The van der Waals surface area contributed by atoms with Gasteiger partial charge in [0.15, 0.2) is 0 Å². The van der Waals surface area contributed by atoms with Crippen LogP contribution in [0.25, 0.3) is 0 Å². The van der Waals surface area contributed by atoms with Gasteiger partial charge >= 0.3 is 0 Å². The Bertz CT molecular complexity index is 649. The Morgan fingerprint density at radius 3 is 2.30 bits per heavy atom. The molecular formula is C14H10BrClF3N. The summed E-state index contributed by atoms with van der Waals surface area (Å²) in [6, 6.07) is 5.02. The van der Waals surface area contributed by atoms with Gasteiger partial charge in [0.25, 0.3) is 0 Å². The highest BCUT2D eigenvalue weighted by atomic mass is 79.9. The summed E-state index contributed by atoms with van der Waals surface area (Å²) >= 11 is 9.06. The fraction of sp³-hybridized carbons (Fsp3) is 0.143. The molecule has 1 N–H and O–H groups in total. The lowest BCUT2D eigenvalue weighted by Crippen LogP contribution is -2.20. The fourth-order valence-corrected chi connectivity index (χ4v) is 2.46. The van der Waals surface area contributed by atoms with E-state index in [-0.39, 0.29) is 11.1 Å². The molecule has 0 saturated carbocycles. The van der Waals surface area contributed by atoms with Gasteiger partial charge in [-0.1, -0.05) is 17.7 Å². The van der Waals surface area contributed by atoms with Crippen LogP contribution in [0.4, 0.5) is 13.2 Å². The predicted molar refractivity (Wildman–Crippen MR) is 76.4 cm³/mol. The van der Waals surface area contributed by atoms with Crippen molar-refractivity contribution >= 4 is 27.5 Å². The molecule has 2 aromatic carbocycles. The van der Waals surface area contributed by atoms with Crippen LogP contribution in [0.15, 0.2) is 34.8 Å². The second-order valence-electron chi connectivity index (χ2n) is 4.18. The highest BCUT2D eigenvalue weighted by molar-refractivity contribution is 9.10. The van der Waals surface area contributed by atoms with Crippen molar-refractivity contribution in [1.29, 1.82) is 0 Å². The Labute approximate surface area is 127 Å². The van der Waals surface area contributed by atoms with Crippen molar-refractivity contribution in [3.63, 3.8) is 0 Å². The lowest BCUT2D eigenvalue weighted by Gasteiger charge is -2.19. The van der Waals surface area contributed by atoms with Gasteiger partial charge in [-0.15, -0.1) is 0 Å². The summed E-state index contributed by atoms with van der Waals surface area (Å²) < 4.78 is 41.2. The second kappa shape index (κ2) is 6.16. The van der Waals surface area contributed by atoms with Gasteiger partial charge in [-0.2, -0.15) is 0 Å². The van der Waals surface area contributed by atoms with E-state index in [2.05, 4.69) is 21.2 Å². The number of hydrogen-bond acceptors (Lipinski definition) is 1. The third kappa shape index (κ3) is 3.00. The molecule has 0 fully saturated rings. The van der Waals surface area contributed by atoms with Crippen LogP contribution in [-0.2, 0) is 0 Å². The summed E-state index contributed by atoms with van der Waals surface area (Å²) in [4.78, 5) is 0. The number of rotatable bonds is 3. The van der Waals surface area contributed by atoms with Crippen LogP contribution < -0.4 is 5.32 Å². The van der Waals surface area contributed by atoms with Crippen molar-refractivity contribution in [3.05, 3.63) is 68.4 Å². The molecule has 1 nitrogen and oxygen atoms in total. The lowest BCUT2D eigenvalue weighted by atomic mass is 9.98. The maximum absolute atomic E-state index is 14.0. The Hall–Kier alpha value is -1.04. The van der Waals surface area contributed by atoms with Crippen LogP contribution in [-0.4, -0.2) is 7.05 Å². The second-order valence-corrected chi connectivity index (χ2v) is 5.44. The first-order chi connectivity index (χ1) is 9.43. The molecule has 0 aliphatic heterocycles. The summed E-state index contributed by atoms with van der Waals surface area (Å²) in [5, 5.41) is 3.12. The zero-order chi connectivity index (χ0) is 14.9. The van der Waals surface area contributed by atoms with E-state index in [1.165, 1.54) is 18.2 Å². The number of benzene rings is 2. The minimum atomic E-state index is -0.763. The van der Waals surface area contributed by atoms with Crippen LogP contribution >= 0.6 is 27.5 Å². The van der Waals surface area contributed by atoms with Crippen molar-refractivity contribution in [2.45, 2.75) is 6.04 Å². The van der Waals surface area contributed by atoms with E-state index < -0.39 is 23.5 Å². The molecule has 0 bridgehead atoms. The van der Waals surface area contributed by atoms with Crippen molar-refractivity contribution in [1.82, 2.24) is 5.32 Å². The summed E-state index contributed by atoms with van der Waals surface area (Å²) in [6.45, 7) is 0. The normalized spacial score (nSPS) is 12.5. The molecule has 0 aromatic heterocycles. The summed E-state index contributed by atoms with van der Waals surface area (Å²) in [7, 11) is 1.56. The molecule has 0 aliphatic carbocycles.